The summed E-state index contributed by atoms with van der Waals surface area (Å²) >= 11 is 1.42. The number of carbonyl (C=O) groups is 1. The van der Waals surface area contributed by atoms with Gasteiger partial charge in [0.1, 0.15) is 0 Å². The van der Waals surface area contributed by atoms with E-state index in [0.29, 0.717) is 18.1 Å². The Labute approximate surface area is 116 Å². The minimum Gasteiger partial charge on any atom is -0.337 e. The smallest absolute Gasteiger partial charge is 0.321 e. The van der Waals surface area contributed by atoms with Crippen LogP contribution in [-0.2, 0) is 9.84 Å². The molecule has 1 aromatic rings. The molecule has 2 heterocycles. The number of rotatable bonds is 3. The van der Waals surface area contributed by atoms with Crippen LogP contribution in [0.5, 0.6) is 0 Å². The maximum absolute atomic E-state index is 11.6. The van der Waals surface area contributed by atoms with Crippen molar-refractivity contribution in [3.05, 3.63) is 10.6 Å². The van der Waals surface area contributed by atoms with Crippen LogP contribution in [0.3, 0.4) is 0 Å². The molecule has 1 aliphatic rings. The van der Waals surface area contributed by atoms with Gasteiger partial charge in [-0.15, -0.1) is 11.3 Å². The molecule has 0 aliphatic carbocycles. The number of amides is 2. The van der Waals surface area contributed by atoms with Crippen LogP contribution in [0.1, 0.15) is 17.0 Å². The standard InChI is InChI=1S/C11H17N3O3S2/c1-7-8(2)18-11(13-7)14-10(15)12-5-9-3-4-19(16,17)6-9/h9H,3-6H2,1-2H3,(H2,12,13,14,15)/t9-/m0/s1. The van der Waals surface area contributed by atoms with E-state index in [4.69, 9.17) is 0 Å². The van der Waals surface area contributed by atoms with Crippen molar-refractivity contribution in [1.82, 2.24) is 10.3 Å². The van der Waals surface area contributed by atoms with Crippen molar-refractivity contribution >= 4 is 32.3 Å². The van der Waals surface area contributed by atoms with Crippen molar-refractivity contribution in [3.8, 4) is 0 Å². The van der Waals surface area contributed by atoms with Gasteiger partial charge in [0.15, 0.2) is 15.0 Å². The van der Waals surface area contributed by atoms with Crippen molar-refractivity contribution in [1.29, 1.82) is 0 Å². The highest BCUT2D eigenvalue weighted by molar-refractivity contribution is 7.91. The topological polar surface area (TPSA) is 88.2 Å². The highest BCUT2D eigenvalue weighted by Gasteiger charge is 2.27. The zero-order valence-corrected chi connectivity index (χ0v) is 12.5. The van der Waals surface area contributed by atoms with E-state index in [-0.39, 0.29) is 23.5 Å². The number of hydrogen-bond donors (Lipinski definition) is 2. The lowest BCUT2D eigenvalue weighted by molar-refractivity contribution is 0.250. The molecule has 1 aliphatic heterocycles. The third-order valence-corrected chi connectivity index (χ3v) is 5.95. The molecular formula is C11H17N3O3S2. The third kappa shape index (κ3) is 3.90. The summed E-state index contributed by atoms with van der Waals surface area (Å²) in [4.78, 5) is 16.9. The first-order valence-electron chi connectivity index (χ1n) is 6.05. The highest BCUT2D eigenvalue weighted by atomic mass is 32.2. The van der Waals surface area contributed by atoms with E-state index in [1.165, 1.54) is 11.3 Å². The number of anilines is 1. The van der Waals surface area contributed by atoms with Crippen LogP contribution in [0, 0.1) is 19.8 Å². The van der Waals surface area contributed by atoms with Crippen LogP contribution in [0.15, 0.2) is 0 Å². The summed E-state index contributed by atoms with van der Waals surface area (Å²) < 4.78 is 22.6. The Morgan fingerprint density at radius 1 is 1.47 bits per heavy atom. The SMILES string of the molecule is Cc1nc(NC(=O)NC[C@@H]2CCS(=O)(=O)C2)sc1C. The number of aryl methyl sites for hydroxylation is 2. The van der Waals surface area contributed by atoms with Crippen LogP contribution in [0.25, 0.3) is 0 Å². The fourth-order valence-electron chi connectivity index (χ4n) is 1.94. The molecule has 0 aromatic carbocycles. The maximum atomic E-state index is 11.6. The van der Waals surface area contributed by atoms with Crippen LogP contribution in [0.4, 0.5) is 9.93 Å². The first-order chi connectivity index (χ1) is 8.85. The number of sulfone groups is 1. The summed E-state index contributed by atoms with van der Waals surface area (Å²) in [7, 11) is -2.89. The van der Waals surface area contributed by atoms with Gasteiger partial charge in [0.25, 0.3) is 0 Å². The molecule has 0 bridgehead atoms. The zero-order chi connectivity index (χ0) is 14.0. The number of carbonyl (C=O) groups excluding carboxylic acids is 1. The Balaban J connectivity index is 1.79. The van der Waals surface area contributed by atoms with Gasteiger partial charge in [-0.05, 0) is 26.2 Å². The van der Waals surface area contributed by atoms with Gasteiger partial charge in [0, 0.05) is 11.4 Å². The zero-order valence-electron chi connectivity index (χ0n) is 10.9. The lowest BCUT2D eigenvalue weighted by Crippen LogP contribution is -2.33. The van der Waals surface area contributed by atoms with Crippen molar-refractivity contribution in [3.63, 3.8) is 0 Å². The fourth-order valence-corrected chi connectivity index (χ4v) is 4.61. The Morgan fingerprint density at radius 2 is 2.21 bits per heavy atom. The van der Waals surface area contributed by atoms with Crippen molar-refractivity contribution < 1.29 is 13.2 Å². The number of urea groups is 1. The summed E-state index contributed by atoms with van der Waals surface area (Å²) in [5.74, 6) is 0.421. The van der Waals surface area contributed by atoms with Crippen molar-refractivity contribution in [2.75, 3.05) is 23.4 Å². The monoisotopic (exact) mass is 303 g/mol. The third-order valence-electron chi connectivity index (χ3n) is 3.13. The number of hydrogen-bond acceptors (Lipinski definition) is 5. The summed E-state index contributed by atoms with van der Waals surface area (Å²) in [5, 5.41) is 5.91. The second kappa shape index (κ2) is 5.46. The molecule has 0 radical (unpaired) electrons. The van der Waals surface area contributed by atoms with E-state index in [9.17, 15) is 13.2 Å². The molecular weight excluding hydrogens is 286 g/mol. The Hall–Kier alpha value is -1.15. The molecule has 2 amide bonds. The van der Waals surface area contributed by atoms with Crippen LogP contribution >= 0.6 is 11.3 Å². The quantitative estimate of drug-likeness (QED) is 0.881. The predicted octanol–water partition coefficient (Wildman–Crippen LogP) is 1.32. The van der Waals surface area contributed by atoms with E-state index in [0.717, 1.165) is 10.6 Å². The molecule has 19 heavy (non-hydrogen) atoms. The first kappa shape index (κ1) is 14.3. The van der Waals surface area contributed by atoms with Gasteiger partial charge < -0.3 is 5.32 Å². The average molecular weight is 303 g/mol. The van der Waals surface area contributed by atoms with Gasteiger partial charge in [-0.2, -0.15) is 0 Å². The fraction of sp³-hybridized carbons (Fsp3) is 0.636. The Morgan fingerprint density at radius 3 is 2.74 bits per heavy atom. The normalized spacial score (nSPS) is 21.3. The van der Waals surface area contributed by atoms with Gasteiger partial charge in [0.2, 0.25) is 0 Å². The molecule has 6 nitrogen and oxygen atoms in total. The van der Waals surface area contributed by atoms with E-state index in [1.54, 1.807) is 0 Å². The summed E-state index contributed by atoms with van der Waals surface area (Å²) in [6, 6.07) is -0.335. The lowest BCUT2D eigenvalue weighted by Gasteiger charge is -2.09. The molecule has 8 heteroatoms. The molecule has 1 fully saturated rings. The molecule has 106 valence electrons. The molecule has 2 N–H and O–H groups in total. The molecule has 0 unspecified atom stereocenters. The van der Waals surface area contributed by atoms with E-state index < -0.39 is 9.84 Å². The number of aromatic nitrogens is 1. The van der Waals surface area contributed by atoms with Gasteiger partial charge in [-0.1, -0.05) is 0 Å². The number of nitrogens with one attached hydrogen (secondary N) is 2. The van der Waals surface area contributed by atoms with Crippen LogP contribution in [0.2, 0.25) is 0 Å². The van der Waals surface area contributed by atoms with Gasteiger partial charge in [-0.25, -0.2) is 18.2 Å². The molecule has 0 spiro atoms. The lowest BCUT2D eigenvalue weighted by atomic mass is 10.1. The largest absolute Gasteiger partial charge is 0.337 e. The summed E-state index contributed by atoms with van der Waals surface area (Å²) in [6.45, 7) is 4.21. The summed E-state index contributed by atoms with van der Waals surface area (Å²) in [5.41, 5.74) is 0.905. The number of nitrogens with zero attached hydrogens (tertiary/aromatic N) is 1. The van der Waals surface area contributed by atoms with E-state index in [2.05, 4.69) is 15.6 Å². The van der Waals surface area contributed by atoms with E-state index in [1.807, 2.05) is 13.8 Å². The molecule has 0 saturated carbocycles. The minimum absolute atomic E-state index is 0.0236. The van der Waals surface area contributed by atoms with Gasteiger partial charge >= 0.3 is 6.03 Å². The van der Waals surface area contributed by atoms with Crippen LogP contribution < -0.4 is 10.6 Å². The van der Waals surface area contributed by atoms with Crippen LogP contribution in [-0.4, -0.2) is 37.5 Å². The second-order valence-corrected chi connectivity index (χ2v) is 8.20. The van der Waals surface area contributed by atoms with Gasteiger partial charge in [0.05, 0.1) is 17.2 Å². The van der Waals surface area contributed by atoms with E-state index >= 15 is 0 Å². The summed E-state index contributed by atoms with van der Waals surface area (Å²) in [6.07, 6.45) is 0.623. The Bertz CT molecular complexity index is 561. The van der Waals surface area contributed by atoms with Crippen molar-refractivity contribution in [2.45, 2.75) is 20.3 Å². The predicted molar refractivity (Wildman–Crippen MR) is 75.4 cm³/mol. The second-order valence-electron chi connectivity index (χ2n) is 4.76. The number of thiazole rings is 1. The Kier molecular flexibility index (Phi) is 4.10. The minimum atomic E-state index is -2.89. The first-order valence-corrected chi connectivity index (χ1v) is 8.69. The van der Waals surface area contributed by atoms with Crippen molar-refractivity contribution in [2.24, 2.45) is 5.92 Å². The molecule has 1 atom stereocenters. The maximum Gasteiger partial charge on any atom is 0.321 e. The molecule has 2 rings (SSSR count). The molecule has 1 saturated heterocycles. The molecule has 1 aromatic heterocycles. The highest BCUT2D eigenvalue weighted by Crippen LogP contribution is 2.21. The van der Waals surface area contributed by atoms with Gasteiger partial charge in [-0.3, -0.25) is 5.32 Å². The average Bonchev–Trinajstić information content (AvgIpc) is 2.80.